The summed E-state index contributed by atoms with van der Waals surface area (Å²) in [6.07, 6.45) is 4.06. The molecule has 0 N–H and O–H groups in total. The van der Waals surface area contributed by atoms with Crippen LogP contribution in [0.5, 0.6) is 0 Å². The lowest BCUT2D eigenvalue weighted by Gasteiger charge is -2.26. The van der Waals surface area contributed by atoms with Gasteiger partial charge in [0.15, 0.2) is 0 Å². The molecule has 1 aliphatic rings. The van der Waals surface area contributed by atoms with Gasteiger partial charge in [-0.1, -0.05) is 43.2 Å². The summed E-state index contributed by atoms with van der Waals surface area (Å²) in [5.41, 5.74) is 0.789. The van der Waals surface area contributed by atoms with Crippen molar-refractivity contribution in [3.8, 4) is 0 Å². The van der Waals surface area contributed by atoms with E-state index in [4.69, 9.17) is 0 Å². The van der Waals surface area contributed by atoms with E-state index in [0.717, 1.165) is 43.4 Å². The third kappa shape index (κ3) is 5.17. The highest BCUT2D eigenvalue weighted by molar-refractivity contribution is 7.89. The van der Waals surface area contributed by atoms with Crippen molar-refractivity contribution in [1.29, 1.82) is 0 Å². The first-order valence-corrected chi connectivity index (χ1v) is 11.0. The number of sulfonamides is 1. The highest BCUT2D eigenvalue weighted by atomic mass is 32.2. The highest BCUT2D eigenvalue weighted by Gasteiger charge is 2.29. The Balaban J connectivity index is 1.85. The Hall–Kier alpha value is -2.25. The molecular formula is C21H25FN2O3S. The Bertz CT molecular complexity index is 878. The molecule has 0 saturated carbocycles. The number of benzene rings is 2. The second-order valence-electron chi connectivity index (χ2n) is 7.01. The van der Waals surface area contributed by atoms with E-state index in [9.17, 15) is 17.6 Å². The topological polar surface area (TPSA) is 57.7 Å². The van der Waals surface area contributed by atoms with E-state index in [1.165, 1.54) is 16.4 Å². The molecule has 5 nitrogen and oxygen atoms in total. The molecule has 7 heteroatoms. The van der Waals surface area contributed by atoms with Crippen LogP contribution in [-0.4, -0.2) is 43.2 Å². The number of hydrogen-bond acceptors (Lipinski definition) is 3. The summed E-state index contributed by atoms with van der Waals surface area (Å²) < 4.78 is 40.8. The number of carbonyl (C=O) groups is 1. The first-order chi connectivity index (χ1) is 13.5. The quantitative estimate of drug-likeness (QED) is 0.741. The van der Waals surface area contributed by atoms with Gasteiger partial charge in [-0.15, -0.1) is 0 Å². The Morgan fingerprint density at radius 3 is 2.14 bits per heavy atom. The van der Waals surface area contributed by atoms with E-state index in [0.29, 0.717) is 13.1 Å². The van der Waals surface area contributed by atoms with E-state index in [1.54, 1.807) is 4.90 Å². The van der Waals surface area contributed by atoms with Crippen molar-refractivity contribution >= 4 is 15.9 Å². The molecule has 0 atom stereocenters. The maximum Gasteiger partial charge on any atom is 0.243 e. The fourth-order valence-corrected chi connectivity index (χ4v) is 4.72. The molecule has 3 rings (SSSR count). The standard InChI is InChI=1S/C21H25FN2O3S/c22-19-10-12-20(13-11-19)28(26,27)24(16-18-8-4-3-5-9-18)17-21(25)23-14-6-1-2-7-15-23/h3-5,8-13H,1-2,6-7,14-17H2. The Morgan fingerprint density at radius 2 is 1.54 bits per heavy atom. The minimum absolute atomic E-state index is 0.0199. The minimum Gasteiger partial charge on any atom is -0.342 e. The van der Waals surface area contributed by atoms with E-state index in [2.05, 4.69) is 0 Å². The number of hydrogen-bond donors (Lipinski definition) is 0. The number of likely N-dealkylation sites (tertiary alicyclic amines) is 1. The van der Waals surface area contributed by atoms with E-state index in [-0.39, 0.29) is 23.9 Å². The molecule has 2 aromatic carbocycles. The van der Waals surface area contributed by atoms with Gasteiger partial charge >= 0.3 is 0 Å². The zero-order valence-corrected chi connectivity index (χ0v) is 16.6. The molecule has 1 fully saturated rings. The van der Waals surface area contributed by atoms with Gasteiger partial charge in [0, 0.05) is 19.6 Å². The van der Waals surface area contributed by atoms with Gasteiger partial charge in [0.25, 0.3) is 0 Å². The van der Waals surface area contributed by atoms with Gasteiger partial charge in [0.2, 0.25) is 15.9 Å². The second kappa shape index (κ2) is 9.30. The Morgan fingerprint density at radius 1 is 0.929 bits per heavy atom. The lowest BCUT2D eigenvalue weighted by atomic mass is 10.2. The molecule has 150 valence electrons. The fraction of sp³-hybridized carbons (Fsp3) is 0.381. The van der Waals surface area contributed by atoms with Crippen LogP contribution in [0.25, 0.3) is 0 Å². The van der Waals surface area contributed by atoms with Crippen molar-refractivity contribution in [3.63, 3.8) is 0 Å². The monoisotopic (exact) mass is 404 g/mol. The van der Waals surface area contributed by atoms with Crippen LogP contribution in [0.4, 0.5) is 4.39 Å². The van der Waals surface area contributed by atoms with Gasteiger partial charge in [0.1, 0.15) is 5.82 Å². The lowest BCUT2D eigenvalue weighted by Crippen LogP contribution is -2.43. The molecule has 0 spiro atoms. The Kier molecular flexibility index (Phi) is 6.80. The normalized spacial score (nSPS) is 15.4. The van der Waals surface area contributed by atoms with Gasteiger partial charge in [-0.25, -0.2) is 12.8 Å². The maximum absolute atomic E-state index is 13.2. The second-order valence-corrected chi connectivity index (χ2v) is 8.95. The van der Waals surface area contributed by atoms with Crippen molar-refractivity contribution in [2.24, 2.45) is 0 Å². The summed E-state index contributed by atoms with van der Waals surface area (Å²) in [5, 5.41) is 0. The van der Waals surface area contributed by atoms with E-state index in [1.807, 2.05) is 30.3 Å². The third-order valence-electron chi connectivity index (χ3n) is 4.92. The number of amides is 1. The van der Waals surface area contributed by atoms with Gasteiger partial charge in [-0.05, 0) is 42.7 Å². The zero-order valence-electron chi connectivity index (χ0n) is 15.8. The van der Waals surface area contributed by atoms with Crippen LogP contribution in [0.3, 0.4) is 0 Å². The van der Waals surface area contributed by atoms with Crippen molar-refractivity contribution in [3.05, 3.63) is 66.0 Å². The van der Waals surface area contributed by atoms with Crippen LogP contribution in [0.15, 0.2) is 59.5 Å². The van der Waals surface area contributed by atoms with Crippen molar-refractivity contribution < 1.29 is 17.6 Å². The van der Waals surface area contributed by atoms with Crippen molar-refractivity contribution in [2.75, 3.05) is 19.6 Å². The van der Waals surface area contributed by atoms with E-state index < -0.39 is 15.8 Å². The first-order valence-electron chi connectivity index (χ1n) is 9.54. The number of rotatable bonds is 6. The van der Waals surface area contributed by atoms with Crippen LogP contribution in [-0.2, 0) is 21.4 Å². The smallest absolute Gasteiger partial charge is 0.243 e. The summed E-state index contributed by atoms with van der Waals surface area (Å²) >= 11 is 0. The third-order valence-corrected chi connectivity index (χ3v) is 6.73. The van der Waals surface area contributed by atoms with Crippen LogP contribution in [0.1, 0.15) is 31.2 Å². The molecule has 1 heterocycles. The summed E-state index contributed by atoms with van der Waals surface area (Å²) in [6, 6.07) is 13.9. The summed E-state index contributed by atoms with van der Waals surface area (Å²) in [7, 11) is -3.94. The molecular weight excluding hydrogens is 379 g/mol. The molecule has 0 bridgehead atoms. The van der Waals surface area contributed by atoms with E-state index >= 15 is 0 Å². The maximum atomic E-state index is 13.2. The van der Waals surface area contributed by atoms with Gasteiger partial charge in [-0.3, -0.25) is 4.79 Å². The molecule has 2 aromatic rings. The zero-order chi connectivity index (χ0) is 20.0. The van der Waals surface area contributed by atoms with Crippen LogP contribution in [0.2, 0.25) is 0 Å². The molecule has 1 amide bonds. The van der Waals surface area contributed by atoms with Crippen LogP contribution in [0, 0.1) is 5.82 Å². The van der Waals surface area contributed by atoms with Crippen molar-refractivity contribution in [2.45, 2.75) is 37.1 Å². The SMILES string of the molecule is O=C(CN(Cc1ccccc1)S(=O)(=O)c1ccc(F)cc1)N1CCCCCC1. The first kappa shape index (κ1) is 20.5. The average molecular weight is 405 g/mol. The van der Waals surface area contributed by atoms with Crippen LogP contribution < -0.4 is 0 Å². The molecule has 1 saturated heterocycles. The largest absolute Gasteiger partial charge is 0.342 e. The summed E-state index contributed by atoms with van der Waals surface area (Å²) in [5.74, 6) is -0.697. The number of nitrogens with zero attached hydrogens (tertiary/aromatic N) is 2. The minimum atomic E-state index is -3.94. The molecule has 0 aromatic heterocycles. The number of carbonyl (C=O) groups excluding carboxylic acids is 1. The lowest BCUT2D eigenvalue weighted by molar-refractivity contribution is -0.131. The highest BCUT2D eigenvalue weighted by Crippen LogP contribution is 2.20. The summed E-state index contributed by atoms with van der Waals surface area (Å²) in [6.45, 7) is 1.18. The number of halogens is 1. The molecule has 0 unspecified atom stereocenters. The molecule has 0 aliphatic carbocycles. The van der Waals surface area contributed by atoms with Gasteiger partial charge < -0.3 is 4.90 Å². The molecule has 28 heavy (non-hydrogen) atoms. The van der Waals surface area contributed by atoms with Gasteiger partial charge in [0.05, 0.1) is 11.4 Å². The molecule has 1 aliphatic heterocycles. The Labute approximate surface area is 165 Å². The van der Waals surface area contributed by atoms with Crippen LogP contribution >= 0.6 is 0 Å². The van der Waals surface area contributed by atoms with Gasteiger partial charge in [-0.2, -0.15) is 4.31 Å². The summed E-state index contributed by atoms with van der Waals surface area (Å²) in [4.78, 5) is 14.6. The fourth-order valence-electron chi connectivity index (χ4n) is 3.34. The predicted octanol–water partition coefficient (Wildman–Crippen LogP) is 3.42. The molecule has 0 radical (unpaired) electrons. The predicted molar refractivity (Wildman–Crippen MR) is 105 cm³/mol. The average Bonchev–Trinajstić information content (AvgIpc) is 2.98. The van der Waals surface area contributed by atoms with Crippen molar-refractivity contribution in [1.82, 2.24) is 9.21 Å².